The fourth-order valence-electron chi connectivity index (χ4n) is 11.0. The van der Waals surface area contributed by atoms with E-state index in [9.17, 15) is 19.6 Å². The third-order valence-corrected chi connectivity index (χ3v) is 13.5. The van der Waals surface area contributed by atoms with Gasteiger partial charge in [-0.25, -0.2) is 14.7 Å². The Labute approximate surface area is 239 Å². The maximum atomic E-state index is 14.5. The zero-order valence-corrected chi connectivity index (χ0v) is 25.9. The largest absolute Gasteiger partial charge is 0.446 e. The zero-order chi connectivity index (χ0) is 29.7. The normalized spacial score (nSPS) is 47.4. The van der Waals surface area contributed by atoms with Crippen LogP contribution in [-0.2, 0) is 9.53 Å². The monoisotopic (exact) mass is 557 g/mol. The maximum Gasteiger partial charge on any atom is 0.404 e. The Bertz CT molecular complexity index is 1150. The van der Waals surface area contributed by atoms with Crippen LogP contribution in [0.3, 0.4) is 0 Å². The highest BCUT2D eigenvalue weighted by atomic mass is 16.6. The Morgan fingerprint density at radius 1 is 1.00 bits per heavy atom. The molecule has 5 aliphatic carbocycles. The topological polar surface area (TPSA) is 122 Å². The summed E-state index contributed by atoms with van der Waals surface area (Å²) < 4.78 is 5.62. The molecule has 40 heavy (non-hydrogen) atoms. The van der Waals surface area contributed by atoms with Crippen LogP contribution in [0, 0.1) is 44.8 Å². The van der Waals surface area contributed by atoms with E-state index in [1.54, 1.807) is 0 Å². The molecule has 8 nitrogen and oxygen atoms in total. The molecule has 0 unspecified atom stereocenters. The first-order chi connectivity index (χ1) is 18.3. The van der Waals surface area contributed by atoms with Crippen LogP contribution in [0.15, 0.2) is 11.6 Å². The van der Waals surface area contributed by atoms with Gasteiger partial charge in [0.2, 0.25) is 0 Å². The smallest absolute Gasteiger partial charge is 0.404 e. The Morgan fingerprint density at radius 3 is 2.27 bits per heavy atom. The van der Waals surface area contributed by atoms with Crippen LogP contribution in [0.2, 0.25) is 0 Å². The predicted octanol–water partition coefficient (Wildman–Crippen LogP) is 6.21. The molecule has 5 rings (SSSR count). The van der Waals surface area contributed by atoms with Gasteiger partial charge >= 0.3 is 12.1 Å². The van der Waals surface area contributed by atoms with E-state index in [1.807, 2.05) is 6.08 Å². The number of nitrogens with zero attached hydrogens (tertiary/aromatic N) is 1. The highest BCUT2D eigenvalue weighted by Crippen LogP contribution is 2.74. The van der Waals surface area contributed by atoms with Crippen molar-refractivity contribution in [1.82, 2.24) is 10.4 Å². The van der Waals surface area contributed by atoms with E-state index >= 15 is 0 Å². The van der Waals surface area contributed by atoms with Crippen molar-refractivity contribution in [2.24, 2.45) is 50.6 Å². The predicted molar refractivity (Wildman–Crippen MR) is 152 cm³/mol. The van der Waals surface area contributed by atoms with Crippen molar-refractivity contribution >= 4 is 17.9 Å². The molecule has 9 atom stereocenters. The number of carbonyl (C=O) groups is 3. The summed E-state index contributed by atoms with van der Waals surface area (Å²) in [6, 6.07) is -0.491. The molecule has 0 saturated heterocycles. The van der Waals surface area contributed by atoms with Gasteiger partial charge in [0.25, 0.3) is 0 Å². The Morgan fingerprint density at radius 2 is 1.65 bits per heavy atom. The van der Waals surface area contributed by atoms with Crippen molar-refractivity contribution in [2.75, 3.05) is 7.05 Å². The lowest BCUT2D eigenvalue weighted by atomic mass is 9.33. The molecule has 4 saturated carbocycles. The summed E-state index contributed by atoms with van der Waals surface area (Å²) in [4.78, 5) is 38.6. The molecule has 0 aromatic carbocycles. The first kappa shape index (κ1) is 29.4. The summed E-state index contributed by atoms with van der Waals surface area (Å²) in [5.74, 6) is 0.597. The minimum Gasteiger partial charge on any atom is -0.446 e. The van der Waals surface area contributed by atoms with Crippen molar-refractivity contribution in [3.63, 3.8) is 0 Å². The number of hydrogen-bond donors (Lipinski definition) is 3. The minimum atomic E-state index is -0.720. The molecule has 0 heterocycles. The number of allylic oxidation sites excluding steroid dienone is 2. The first-order valence-electron chi connectivity index (χ1n) is 15.3. The fourth-order valence-corrected chi connectivity index (χ4v) is 11.0. The number of ketones is 1. The quantitative estimate of drug-likeness (QED) is 0.275. The summed E-state index contributed by atoms with van der Waals surface area (Å²) >= 11 is 0. The fraction of sp³-hybridized carbons (Fsp3) is 0.844. The molecular weight excluding hydrogens is 506 g/mol. The Balaban J connectivity index is 1.53. The van der Waals surface area contributed by atoms with Crippen LogP contribution in [-0.4, -0.2) is 46.9 Å². The van der Waals surface area contributed by atoms with Gasteiger partial charge in [-0.3, -0.25) is 10.0 Å². The molecule has 0 aromatic heterocycles. The zero-order valence-electron chi connectivity index (χ0n) is 25.9. The maximum absolute atomic E-state index is 14.5. The van der Waals surface area contributed by atoms with Crippen molar-refractivity contribution in [3.8, 4) is 0 Å². The van der Waals surface area contributed by atoms with Gasteiger partial charge in [-0.2, -0.15) is 0 Å². The van der Waals surface area contributed by atoms with E-state index in [4.69, 9.17) is 10.5 Å². The molecule has 0 aliphatic heterocycles. The van der Waals surface area contributed by atoms with Gasteiger partial charge in [0.1, 0.15) is 6.10 Å². The number of urea groups is 1. The second-order valence-corrected chi connectivity index (χ2v) is 16.0. The Kier molecular flexibility index (Phi) is 6.58. The molecule has 3 amide bonds. The van der Waals surface area contributed by atoms with Gasteiger partial charge in [-0.1, -0.05) is 47.1 Å². The summed E-state index contributed by atoms with van der Waals surface area (Å²) in [5, 5.41) is 13.4. The van der Waals surface area contributed by atoms with E-state index in [2.05, 4.69) is 53.8 Å². The van der Waals surface area contributed by atoms with Gasteiger partial charge in [0.15, 0.2) is 5.78 Å². The lowest BCUT2D eigenvalue weighted by molar-refractivity contribution is -0.201. The molecular formula is C32H51N3O5. The number of fused-ring (bicyclic) bond motifs is 7. The molecule has 224 valence electrons. The lowest BCUT2D eigenvalue weighted by Crippen LogP contribution is -2.67. The molecule has 4 fully saturated rings. The number of amides is 3. The minimum absolute atomic E-state index is 0.0808. The van der Waals surface area contributed by atoms with E-state index in [0.717, 1.165) is 51.4 Å². The summed E-state index contributed by atoms with van der Waals surface area (Å²) in [5.41, 5.74) is 5.59. The molecule has 0 aromatic rings. The second-order valence-electron chi connectivity index (χ2n) is 16.0. The van der Waals surface area contributed by atoms with Gasteiger partial charge in [-0.05, 0) is 104 Å². The number of hydroxylamine groups is 2. The standard InChI is InChI=1S/C32H51N3O5/c1-27(2)22-9-12-32(7)24(30(22,5)11-10-23(27)40-25(33)37)21(36)17-19-20-18-29(4,34-26(38)35(8)39)15-13-28(20,3)14-16-31(19,32)6/h17,20,22-24,39H,9-16,18H2,1-8H3,(H2,33,37)(H,34,38)/t20-,22-,23-,24+,28+,29-,30-,31+,32+/m0/s1. The Hall–Kier alpha value is -2.09. The SMILES string of the molecule is CN(O)C(=O)N[C@@]1(C)CC[C@]2(C)CC[C@]3(C)C(=CC(=O)[C@@H]4[C@@]5(C)CC[C@H](OC(N)=O)C(C)(C)[C@@H]5CC[C@]43C)[C@@H]2C1. The number of primary amides is 1. The summed E-state index contributed by atoms with van der Waals surface area (Å²) in [6.45, 7) is 16.0. The number of carbonyl (C=O) groups excluding carboxylic acids is 3. The molecule has 4 N–H and O–H groups in total. The summed E-state index contributed by atoms with van der Waals surface area (Å²) in [6.07, 6.45) is 9.32. The average Bonchev–Trinajstić information content (AvgIpc) is 2.83. The van der Waals surface area contributed by atoms with E-state index in [0.29, 0.717) is 11.5 Å². The molecule has 5 aliphatic rings. The van der Waals surface area contributed by atoms with Gasteiger partial charge < -0.3 is 15.8 Å². The van der Waals surface area contributed by atoms with E-state index < -0.39 is 17.7 Å². The van der Waals surface area contributed by atoms with Crippen molar-refractivity contribution in [3.05, 3.63) is 11.6 Å². The number of hydrogen-bond acceptors (Lipinski definition) is 5. The van der Waals surface area contributed by atoms with Crippen LogP contribution >= 0.6 is 0 Å². The van der Waals surface area contributed by atoms with Gasteiger partial charge in [0.05, 0.1) is 0 Å². The first-order valence-corrected chi connectivity index (χ1v) is 15.3. The van der Waals surface area contributed by atoms with E-state index in [1.165, 1.54) is 12.6 Å². The highest BCUT2D eigenvalue weighted by molar-refractivity contribution is 5.95. The molecule has 8 heteroatoms. The van der Waals surface area contributed by atoms with Gasteiger partial charge in [0, 0.05) is 23.9 Å². The third kappa shape index (κ3) is 3.98. The molecule has 0 bridgehead atoms. The molecule has 0 radical (unpaired) electrons. The highest BCUT2D eigenvalue weighted by Gasteiger charge is 2.70. The molecule has 0 spiro atoms. The lowest BCUT2D eigenvalue weighted by Gasteiger charge is -2.70. The number of nitrogens with one attached hydrogen (secondary N) is 1. The van der Waals surface area contributed by atoms with Crippen molar-refractivity contribution in [2.45, 2.75) is 118 Å². The van der Waals surface area contributed by atoms with Crippen LogP contribution in [0.4, 0.5) is 9.59 Å². The van der Waals surface area contributed by atoms with Crippen LogP contribution in [0.25, 0.3) is 0 Å². The van der Waals surface area contributed by atoms with E-state index in [-0.39, 0.29) is 56.7 Å². The number of ether oxygens (including phenoxy) is 1. The van der Waals surface area contributed by atoms with Gasteiger partial charge in [-0.15, -0.1) is 0 Å². The van der Waals surface area contributed by atoms with Crippen LogP contribution in [0.5, 0.6) is 0 Å². The van der Waals surface area contributed by atoms with Crippen molar-refractivity contribution in [1.29, 1.82) is 0 Å². The van der Waals surface area contributed by atoms with Crippen LogP contribution < -0.4 is 11.1 Å². The second kappa shape index (κ2) is 8.95. The average molecular weight is 558 g/mol. The summed E-state index contributed by atoms with van der Waals surface area (Å²) in [7, 11) is 1.35. The third-order valence-electron chi connectivity index (χ3n) is 13.5. The van der Waals surface area contributed by atoms with Crippen LogP contribution in [0.1, 0.15) is 106 Å². The number of rotatable bonds is 2. The van der Waals surface area contributed by atoms with Crippen molar-refractivity contribution < 1.29 is 24.3 Å². The number of nitrogens with two attached hydrogens (primary N) is 1.